The number of hydrogen-bond donors (Lipinski definition) is 2. The molecule has 3 N–H and O–H groups in total. The van der Waals surface area contributed by atoms with E-state index in [1.165, 1.54) is 0 Å². The van der Waals surface area contributed by atoms with Crippen LogP contribution in [0.25, 0.3) is 0 Å². The lowest BCUT2D eigenvalue weighted by atomic mass is 9.70. The fourth-order valence-electron chi connectivity index (χ4n) is 5.04. The molecule has 1 amide bonds. The van der Waals surface area contributed by atoms with Crippen molar-refractivity contribution in [3.8, 4) is 0 Å². The second-order valence-electron chi connectivity index (χ2n) is 12.5. The van der Waals surface area contributed by atoms with Gasteiger partial charge in [-0.1, -0.05) is 52.0 Å². The molecule has 0 aromatic carbocycles. The number of nitrogens with one attached hydrogen (secondary N) is 1. The molecule has 2 aliphatic carbocycles. The average Bonchev–Trinajstić information content (AvgIpc) is 3.34. The second-order valence-corrected chi connectivity index (χ2v) is 12.5. The maximum absolute atomic E-state index is 13.1. The summed E-state index contributed by atoms with van der Waals surface area (Å²) in [5.74, 6) is -0.637. The van der Waals surface area contributed by atoms with Gasteiger partial charge in [0, 0.05) is 5.41 Å². The molecule has 2 unspecified atom stereocenters. The van der Waals surface area contributed by atoms with E-state index in [-0.39, 0.29) is 49.6 Å². The quantitative estimate of drug-likeness (QED) is 0.257. The van der Waals surface area contributed by atoms with Crippen molar-refractivity contribution in [3.63, 3.8) is 0 Å². The highest BCUT2D eigenvalue weighted by atomic mass is 16.6. The Bertz CT molecular complexity index is 845. The molecule has 0 bridgehead atoms. The van der Waals surface area contributed by atoms with Crippen LogP contribution in [0, 0.1) is 22.2 Å². The molecule has 0 radical (unpaired) electrons. The summed E-state index contributed by atoms with van der Waals surface area (Å²) in [6.45, 7) is 12.3. The molecule has 0 aromatic heterocycles. The fraction of sp³-hybridized carbons (Fsp3) is 0.759. The lowest BCUT2D eigenvalue weighted by Crippen LogP contribution is -2.49. The summed E-state index contributed by atoms with van der Waals surface area (Å²) in [6, 6.07) is -0.932. The molecule has 2 aliphatic rings. The zero-order valence-electron chi connectivity index (χ0n) is 23.6. The summed E-state index contributed by atoms with van der Waals surface area (Å²) >= 11 is 0. The second kappa shape index (κ2) is 13.4. The maximum Gasteiger partial charge on any atom is 0.407 e. The van der Waals surface area contributed by atoms with Crippen LogP contribution in [0.5, 0.6) is 0 Å². The van der Waals surface area contributed by atoms with E-state index < -0.39 is 28.9 Å². The molecule has 1 fully saturated rings. The van der Waals surface area contributed by atoms with Crippen LogP contribution < -0.4 is 11.1 Å². The minimum Gasteiger partial charge on any atom is -0.464 e. The Hall–Kier alpha value is -2.35. The van der Waals surface area contributed by atoms with E-state index >= 15 is 0 Å². The number of esters is 2. The van der Waals surface area contributed by atoms with Crippen LogP contribution >= 0.6 is 0 Å². The van der Waals surface area contributed by atoms with E-state index in [1.807, 2.05) is 46.8 Å². The standard InChI is InChI=1S/C29H48N2O6/c1-21(2)17-35-26(34)31-23(24(32)37-22-12-8-9-13-22)16-29(6,19-30)18-27(3,4)25(33)36-20-28(5)14-10-7-11-15-28/h7,10-11,14,21-23H,8-9,12-13,15-20,30H2,1-6H3,(H,31,34)/t23-,28?,29?/m0/s1. The number of ether oxygens (including phenoxy) is 3. The average molecular weight is 521 g/mol. The zero-order valence-corrected chi connectivity index (χ0v) is 23.6. The van der Waals surface area contributed by atoms with E-state index in [2.05, 4.69) is 24.4 Å². The van der Waals surface area contributed by atoms with E-state index in [0.29, 0.717) is 6.42 Å². The van der Waals surface area contributed by atoms with Gasteiger partial charge < -0.3 is 25.3 Å². The van der Waals surface area contributed by atoms with Crippen molar-refractivity contribution < 1.29 is 28.6 Å². The zero-order chi connectivity index (χ0) is 27.7. The molecule has 8 nitrogen and oxygen atoms in total. The SMILES string of the molecule is CC(C)COC(=O)N[C@@H](CC(C)(CN)CC(C)(C)C(=O)OCC1(C)C=CC=CC1)C(=O)OC1CCCC1. The van der Waals surface area contributed by atoms with Gasteiger partial charge in [0.15, 0.2) is 0 Å². The Kier molecular flexibility index (Phi) is 11.2. The maximum atomic E-state index is 13.1. The Labute approximate surface area is 222 Å². The van der Waals surface area contributed by atoms with Crippen molar-refractivity contribution >= 4 is 18.0 Å². The number of carbonyl (C=O) groups is 3. The van der Waals surface area contributed by atoms with Gasteiger partial charge in [-0.15, -0.1) is 0 Å². The van der Waals surface area contributed by atoms with Crippen LogP contribution in [0.3, 0.4) is 0 Å². The molecule has 0 spiro atoms. The van der Waals surface area contributed by atoms with Gasteiger partial charge in [-0.05, 0) is 76.7 Å². The number of alkyl carbamates (subject to hydrolysis) is 1. The van der Waals surface area contributed by atoms with Crippen LogP contribution in [0.4, 0.5) is 4.79 Å². The van der Waals surface area contributed by atoms with Gasteiger partial charge in [-0.3, -0.25) is 4.79 Å². The predicted octanol–water partition coefficient (Wildman–Crippen LogP) is 5.06. The van der Waals surface area contributed by atoms with Crippen LogP contribution in [0.2, 0.25) is 0 Å². The highest BCUT2D eigenvalue weighted by Gasteiger charge is 2.42. The first-order valence-electron chi connectivity index (χ1n) is 13.6. The third-order valence-electron chi connectivity index (χ3n) is 7.18. The Balaban J connectivity index is 2.08. The number of allylic oxidation sites excluding steroid dienone is 3. The normalized spacial score (nSPS) is 22.4. The molecular formula is C29H48N2O6. The number of nitrogens with two attached hydrogens (primary N) is 1. The first-order valence-corrected chi connectivity index (χ1v) is 13.6. The van der Waals surface area contributed by atoms with Gasteiger partial charge >= 0.3 is 18.0 Å². The molecule has 37 heavy (non-hydrogen) atoms. The summed E-state index contributed by atoms with van der Waals surface area (Å²) in [4.78, 5) is 38.8. The van der Waals surface area contributed by atoms with Gasteiger partial charge in [0.25, 0.3) is 0 Å². The summed E-state index contributed by atoms with van der Waals surface area (Å²) in [7, 11) is 0. The first-order chi connectivity index (χ1) is 17.3. The van der Waals surface area contributed by atoms with Gasteiger partial charge in [0.2, 0.25) is 0 Å². The minimum atomic E-state index is -0.932. The monoisotopic (exact) mass is 520 g/mol. The number of rotatable bonds is 13. The van der Waals surface area contributed by atoms with Crippen molar-refractivity contribution in [1.29, 1.82) is 0 Å². The molecule has 0 aliphatic heterocycles. The summed E-state index contributed by atoms with van der Waals surface area (Å²) in [6.07, 6.45) is 12.4. The molecule has 0 saturated heterocycles. The van der Waals surface area contributed by atoms with Gasteiger partial charge in [0.05, 0.1) is 12.0 Å². The van der Waals surface area contributed by atoms with E-state index in [0.717, 1.165) is 32.1 Å². The Morgan fingerprint density at radius 1 is 1.11 bits per heavy atom. The fourth-order valence-corrected chi connectivity index (χ4v) is 5.04. The highest BCUT2D eigenvalue weighted by Crippen LogP contribution is 2.39. The molecule has 2 rings (SSSR count). The first kappa shape index (κ1) is 30.9. The van der Waals surface area contributed by atoms with E-state index in [4.69, 9.17) is 19.9 Å². The Morgan fingerprint density at radius 3 is 2.35 bits per heavy atom. The molecule has 8 heteroatoms. The number of carbonyl (C=O) groups excluding carboxylic acids is 3. The topological polar surface area (TPSA) is 117 Å². The highest BCUT2D eigenvalue weighted by molar-refractivity contribution is 5.81. The smallest absolute Gasteiger partial charge is 0.407 e. The van der Waals surface area contributed by atoms with Crippen molar-refractivity contribution in [2.24, 2.45) is 27.9 Å². The lowest BCUT2D eigenvalue weighted by molar-refractivity contribution is -0.158. The molecular weight excluding hydrogens is 472 g/mol. The van der Waals surface area contributed by atoms with E-state index in [1.54, 1.807) is 0 Å². The van der Waals surface area contributed by atoms with Crippen molar-refractivity contribution in [1.82, 2.24) is 5.32 Å². The van der Waals surface area contributed by atoms with Gasteiger partial charge in [-0.2, -0.15) is 0 Å². The van der Waals surface area contributed by atoms with Gasteiger partial charge in [-0.25, -0.2) is 9.59 Å². The van der Waals surface area contributed by atoms with Crippen molar-refractivity contribution in [2.45, 2.75) is 98.6 Å². The molecule has 210 valence electrons. The van der Waals surface area contributed by atoms with Crippen molar-refractivity contribution in [3.05, 3.63) is 24.3 Å². The predicted molar refractivity (Wildman–Crippen MR) is 144 cm³/mol. The van der Waals surface area contributed by atoms with Crippen molar-refractivity contribution in [2.75, 3.05) is 19.8 Å². The van der Waals surface area contributed by atoms with Gasteiger partial charge in [0.1, 0.15) is 18.8 Å². The molecule has 3 atom stereocenters. The molecule has 0 heterocycles. The van der Waals surface area contributed by atoms with Crippen LogP contribution in [-0.2, 0) is 23.8 Å². The number of amides is 1. The van der Waals surface area contributed by atoms with Crippen LogP contribution in [0.15, 0.2) is 24.3 Å². The third-order valence-corrected chi connectivity index (χ3v) is 7.18. The third kappa shape index (κ3) is 10.1. The lowest BCUT2D eigenvalue weighted by Gasteiger charge is -2.38. The summed E-state index contributed by atoms with van der Waals surface area (Å²) in [5.41, 5.74) is 4.47. The Morgan fingerprint density at radius 2 is 1.78 bits per heavy atom. The largest absolute Gasteiger partial charge is 0.464 e. The minimum absolute atomic E-state index is 0.135. The van der Waals surface area contributed by atoms with E-state index in [9.17, 15) is 14.4 Å². The molecule has 0 aromatic rings. The number of hydrogen-bond acceptors (Lipinski definition) is 7. The van der Waals surface area contributed by atoms with Crippen LogP contribution in [0.1, 0.15) is 86.5 Å². The summed E-state index contributed by atoms with van der Waals surface area (Å²) in [5, 5.41) is 2.70. The summed E-state index contributed by atoms with van der Waals surface area (Å²) < 4.78 is 16.8. The van der Waals surface area contributed by atoms with Crippen LogP contribution in [-0.4, -0.2) is 49.9 Å². The molecule has 1 saturated carbocycles.